The summed E-state index contributed by atoms with van der Waals surface area (Å²) in [6.45, 7) is 1.55. The smallest absolute Gasteiger partial charge is 0.335 e. The predicted octanol–water partition coefficient (Wildman–Crippen LogP) is 2.07. The van der Waals surface area contributed by atoms with Gasteiger partial charge in [0.2, 0.25) is 0 Å². The number of carboxylic acid groups (broad SMARTS) is 1. The summed E-state index contributed by atoms with van der Waals surface area (Å²) >= 11 is 5.25. The molecule has 0 unspecified atom stereocenters. The first-order chi connectivity index (χ1) is 6.04. The predicted molar refractivity (Wildman–Crippen MR) is 48.3 cm³/mol. The second-order valence-corrected chi connectivity index (χ2v) is 2.90. The van der Waals surface area contributed by atoms with Gasteiger partial charge in [0.25, 0.3) is 5.24 Å². The van der Waals surface area contributed by atoms with Crippen LogP contribution in [0, 0.1) is 6.92 Å². The van der Waals surface area contributed by atoms with E-state index in [1.165, 1.54) is 18.2 Å². The Morgan fingerprint density at radius 3 is 2.31 bits per heavy atom. The number of hydrogen-bond acceptors (Lipinski definition) is 2. The topological polar surface area (TPSA) is 54.4 Å². The van der Waals surface area contributed by atoms with Crippen molar-refractivity contribution in [2.75, 3.05) is 0 Å². The average Bonchev–Trinajstić information content (AvgIpc) is 2.03. The van der Waals surface area contributed by atoms with E-state index in [9.17, 15) is 9.59 Å². The molecule has 1 aromatic carbocycles. The first-order valence-electron chi connectivity index (χ1n) is 3.56. The van der Waals surface area contributed by atoms with Gasteiger partial charge in [-0.25, -0.2) is 4.79 Å². The fourth-order valence-electron chi connectivity index (χ4n) is 1.08. The van der Waals surface area contributed by atoms with Gasteiger partial charge in [-0.1, -0.05) is 6.07 Å². The summed E-state index contributed by atoms with van der Waals surface area (Å²) in [5, 5.41) is 8.08. The van der Waals surface area contributed by atoms with E-state index in [1.807, 2.05) is 0 Å². The summed E-state index contributed by atoms with van der Waals surface area (Å²) in [5.41, 5.74) is 0.739. The second kappa shape index (κ2) is 3.58. The molecular formula is C9H7ClO3. The van der Waals surface area contributed by atoms with Crippen LogP contribution in [0.1, 0.15) is 26.3 Å². The Hall–Kier alpha value is -1.35. The zero-order valence-electron chi connectivity index (χ0n) is 6.87. The third kappa shape index (κ3) is 1.87. The van der Waals surface area contributed by atoms with Crippen LogP contribution in [0.15, 0.2) is 18.2 Å². The van der Waals surface area contributed by atoms with Gasteiger partial charge in [-0.3, -0.25) is 4.79 Å². The Bertz CT molecular complexity index is 339. The summed E-state index contributed by atoms with van der Waals surface area (Å²) in [5.74, 6) is -1.06. The van der Waals surface area contributed by atoms with Crippen molar-refractivity contribution in [3.63, 3.8) is 0 Å². The van der Waals surface area contributed by atoms with Crippen LogP contribution < -0.4 is 0 Å². The Morgan fingerprint density at radius 2 is 1.85 bits per heavy atom. The lowest BCUT2D eigenvalue weighted by Crippen LogP contribution is -2.03. The molecular weight excluding hydrogens is 192 g/mol. The van der Waals surface area contributed by atoms with Gasteiger partial charge < -0.3 is 5.11 Å². The number of carbonyl (C=O) groups is 2. The van der Waals surface area contributed by atoms with Gasteiger partial charge in [-0.15, -0.1) is 0 Å². The van der Waals surface area contributed by atoms with Crippen LogP contribution in [0.3, 0.4) is 0 Å². The first kappa shape index (κ1) is 9.74. The number of rotatable bonds is 2. The third-order valence-corrected chi connectivity index (χ3v) is 1.98. The molecule has 4 heteroatoms. The maximum Gasteiger partial charge on any atom is 0.335 e. The molecule has 0 amide bonds. The van der Waals surface area contributed by atoms with Crippen molar-refractivity contribution in [2.45, 2.75) is 6.92 Å². The lowest BCUT2D eigenvalue weighted by atomic mass is 10.0. The van der Waals surface area contributed by atoms with Crippen LogP contribution in [-0.2, 0) is 0 Å². The Balaban J connectivity index is 3.35. The molecule has 0 spiro atoms. The molecule has 0 fully saturated rings. The van der Waals surface area contributed by atoms with E-state index in [-0.39, 0.29) is 11.1 Å². The van der Waals surface area contributed by atoms with E-state index in [0.717, 1.165) is 0 Å². The minimum absolute atomic E-state index is 0.103. The molecule has 0 bridgehead atoms. The van der Waals surface area contributed by atoms with Gasteiger partial charge in [0.05, 0.1) is 5.56 Å². The van der Waals surface area contributed by atoms with E-state index >= 15 is 0 Å². The van der Waals surface area contributed by atoms with Crippen molar-refractivity contribution in [3.8, 4) is 0 Å². The maximum absolute atomic E-state index is 10.8. The normalized spacial score (nSPS) is 9.69. The quantitative estimate of drug-likeness (QED) is 0.741. The van der Waals surface area contributed by atoms with Gasteiger partial charge in [-0.2, -0.15) is 0 Å². The number of carboxylic acids is 1. The first-order valence-corrected chi connectivity index (χ1v) is 3.94. The molecule has 1 aromatic rings. The Kier molecular flexibility index (Phi) is 2.68. The highest BCUT2D eigenvalue weighted by Gasteiger charge is 2.12. The van der Waals surface area contributed by atoms with Gasteiger partial charge in [0.15, 0.2) is 0 Å². The van der Waals surface area contributed by atoms with Crippen LogP contribution in [0.5, 0.6) is 0 Å². The third-order valence-electron chi connectivity index (χ3n) is 1.78. The highest BCUT2D eigenvalue weighted by atomic mass is 35.5. The van der Waals surface area contributed by atoms with Crippen molar-refractivity contribution in [1.82, 2.24) is 0 Å². The number of carbonyl (C=O) groups excluding carboxylic acids is 1. The largest absolute Gasteiger partial charge is 0.478 e. The highest BCUT2D eigenvalue weighted by molar-refractivity contribution is 6.68. The van der Waals surface area contributed by atoms with E-state index in [2.05, 4.69) is 0 Å². The van der Waals surface area contributed by atoms with Crippen LogP contribution >= 0.6 is 11.6 Å². The fraction of sp³-hybridized carbons (Fsp3) is 0.111. The van der Waals surface area contributed by atoms with Crippen molar-refractivity contribution in [2.24, 2.45) is 0 Å². The molecule has 0 saturated carbocycles. The van der Waals surface area contributed by atoms with E-state index in [1.54, 1.807) is 6.92 Å². The van der Waals surface area contributed by atoms with E-state index in [0.29, 0.717) is 5.56 Å². The molecule has 13 heavy (non-hydrogen) atoms. The van der Waals surface area contributed by atoms with Crippen molar-refractivity contribution in [1.29, 1.82) is 0 Å². The van der Waals surface area contributed by atoms with Crippen molar-refractivity contribution >= 4 is 22.8 Å². The molecule has 0 heterocycles. The van der Waals surface area contributed by atoms with Crippen molar-refractivity contribution < 1.29 is 14.7 Å². The fourth-order valence-corrected chi connectivity index (χ4v) is 1.28. The summed E-state index contributed by atoms with van der Waals surface area (Å²) in [7, 11) is 0. The minimum Gasteiger partial charge on any atom is -0.478 e. The molecule has 1 rings (SSSR count). The van der Waals surface area contributed by atoms with Gasteiger partial charge >= 0.3 is 5.97 Å². The summed E-state index contributed by atoms with van der Waals surface area (Å²) in [6.07, 6.45) is 0. The number of halogens is 1. The molecule has 68 valence electrons. The second-order valence-electron chi connectivity index (χ2n) is 2.56. The summed E-state index contributed by atoms with van der Waals surface area (Å²) < 4.78 is 0. The maximum atomic E-state index is 10.8. The van der Waals surface area contributed by atoms with Gasteiger partial charge in [-0.05, 0) is 36.2 Å². The zero-order valence-corrected chi connectivity index (χ0v) is 7.63. The minimum atomic E-state index is -1.06. The lowest BCUT2D eigenvalue weighted by molar-refractivity contribution is 0.0696. The Labute approximate surface area is 79.9 Å². The highest BCUT2D eigenvalue weighted by Crippen LogP contribution is 2.15. The van der Waals surface area contributed by atoms with Crippen LogP contribution in [0.25, 0.3) is 0 Å². The molecule has 0 aliphatic heterocycles. The van der Waals surface area contributed by atoms with Crippen molar-refractivity contribution in [3.05, 3.63) is 34.9 Å². The number of aromatic carboxylic acids is 1. The van der Waals surface area contributed by atoms with Crippen LogP contribution in [0.4, 0.5) is 0 Å². The van der Waals surface area contributed by atoms with Crippen LogP contribution in [0.2, 0.25) is 0 Å². The number of benzene rings is 1. The van der Waals surface area contributed by atoms with Crippen LogP contribution in [-0.4, -0.2) is 16.3 Å². The molecule has 3 nitrogen and oxygen atoms in total. The van der Waals surface area contributed by atoms with E-state index < -0.39 is 11.2 Å². The lowest BCUT2D eigenvalue weighted by Gasteiger charge is -2.03. The molecule has 0 aliphatic rings. The SMILES string of the molecule is Cc1c(C(=O)O)cccc1C(=O)Cl. The monoisotopic (exact) mass is 198 g/mol. The zero-order chi connectivity index (χ0) is 10.0. The molecule has 0 radical (unpaired) electrons. The number of hydrogen-bond donors (Lipinski definition) is 1. The molecule has 0 saturated heterocycles. The molecule has 0 aromatic heterocycles. The standard InChI is InChI=1S/C9H7ClO3/c1-5-6(8(10)11)3-2-4-7(5)9(12)13/h2-4H,1H3,(H,12,13). The van der Waals surface area contributed by atoms with E-state index in [4.69, 9.17) is 16.7 Å². The van der Waals surface area contributed by atoms with Gasteiger partial charge in [0.1, 0.15) is 0 Å². The average molecular weight is 199 g/mol. The molecule has 0 atom stereocenters. The molecule has 0 aliphatic carbocycles. The Morgan fingerprint density at radius 1 is 1.31 bits per heavy atom. The summed E-state index contributed by atoms with van der Waals surface area (Å²) in [6, 6.07) is 4.42. The molecule has 1 N–H and O–H groups in total. The summed E-state index contributed by atoms with van der Waals surface area (Å²) in [4.78, 5) is 21.5. The van der Waals surface area contributed by atoms with Gasteiger partial charge in [0, 0.05) is 5.56 Å².